The third kappa shape index (κ3) is 1.89. The Hall–Kier alpha value is -1.55. The van der Waals surface area contributed by atoms with Crippen LogP contribution in [0.25, 0.3) is 11.5 Å². The Labute approximate surface area is 101 Å². The lowest BCUT2D eigenvalue weighted by Crippen LogP contribution is -2.16. The van der Waals surface area contributed by atoms with E-state index in [1.807, 2.05) is 30.8 Å². The zero-order valence-electron chi connectivity index (χ0n) is 10.2. The van der Waals surface area contributed by atoms with Gasteiger partial charge in [0.2, 0.25) is 0 Å². The van der Waals surface area contributed by atoms with Crippen LogP contribution in [-0.4, -0.2) is 16.3 Å². The van der Waals surface area contributed by atoms with Gasteiger partial charge in [-0.2, -0.15) is 5.10 Å². The molecule has 0 radical (unpaired) electrons. The maximum absolute atomic E-state index is 5.60. The van der Waals surface area contributed by atoms with Crippen molar-refractivity contribution < 1.29 is 4.42 Å². The minimum atomic E-state index is 0.442. The standard InChI is InChI=1S/C13H17N3O/c1-9-5-6-13(17-9)11-8-12(16(2)15-11)10-4-3-7-14-10/h5-6,8,10,14H,3-4,7H2,1-2H3. The van der Waals surface area contributed by atoms with Crippen LogP contribution in [0.5, 0.6) is 0 Å². The molecule has 1 aliphatic rings. The Morgan fingerprint density at radius 2 is 2.35 bits per heavy atom. The number of nitrogens with one attached hydrogen (secondary N) is 1. The molecule has 1 fully saturated rings. The van der Waals surface area contributed by atoms with E-state index in [2.05, 4.69) is 16.5 Å². The van der Waals surface area contributed by atoms with E-state index in [4.69, 9.17) is 4.42 Å². The van der Waals surface area contributed by atoms with E-state index in [0.717, 1.165) is 23.8 Å². The van der Waals surface area contributed by atoms with Gasteiger partial charge in [0.1, 0.15) is 11.5 Å². The Balaban J connectivity index is 1.94. The van der Waals surface area contributed by atoms with Crippen molar-refractivity contribution in [3.05, 3.63) is 29.7 Å². The monoisotopic (exact) mass is 231 g/mol. The molecule has 1 saturated heterocycles. The van der Waals surface area contributed by atoms with Crippen LogP contribution < -0.4 is 5.32 Å². The number of aromatic nitrogens is 2. The topological polar surface area (TPSA) is 43.0 Å². The summed E-state index contributed by atoms with van der Waals surface area (Å²) >= 11 is 0. The number of hydrogen-bond donors (Lipinski definition) is 1. The third-order valence-corrected chi connectivity index (χ3v) is 3.33. The molecule has 0 aliphatic carbocycles. The molecule has 0 aromatic carbocycles. The maximum Gasteiger partial charge on any atom is 0.154 e. The Morgan fingerprint density at radius 3 is 3.00 bits per heavy atom. The second-order valence-electron chi connectivity index (χ2n) is 4.64. The Kier molecular flexibility index (Phi) is 2.52. The van der Waals surface area contributed by atoms with Crippen molar-refractivity contribution in [2.45, 2.75) is 25.8 Å². The molecule has 1 atom stereocenters. The molecular formula is C13H17N3O. The molecule has 1 unspecified atom stereocenters. The minimum Gasteiger partial charge on any atom is -0.460 e. The van der Waals surface area contributed by atoms with E-state index in [0.29, 0.717) is 6.04 Å². The van der Waals surface area contributed by atoms with Gasteiger partial charge in [-0.3, -0.25) is 4.68 Å². The number of rotatable bonds is 2. The summed E-state index contributed by atoms with van der Waals surface area (Å²) in [5.74, 6) is 1.77. The van der Waals surface area contributed by atoms with Gasteiger partial charge in [-0.1, -0.05) is 0 Å². The van der Waals surface area contributed by atoms with Gasteiger partial charge in [-0.15, -0.1) is 0 Å². The zero-order valence-corrected chi connectivity index (χ0v) is 10.2. The lowest BCUT2D eigenvalue weighted by Gasteiger charge is -2.09. The first-order chi connectivity index (χ1) is 8.24. The highest BCUT2D eigenvalue weighted by molar-refractivity contribution is 5.53. The smallest absolute Gasteiger partial charge is 0.154 e. The summed E-state index contributed by atoms with van der Waals surface area (Å²) in [6.07, 6.45) is 2.43. The third-order valence-electron chi connectivity index (χ3n) is 3.33. The predicted molar refractivity (Wildman–Crippen MR) is 65.6 cm³/mol. The van der Waals surface area contributed by atoms with E-state index >= 15 is 0 Å². The summed E-state index contributed by atoms with van der Waals surface area (Å²) in [7, 11) is 1.99. The summed E-state index contributed by atoms with van der Waals surface area (Å²) in [5, 5.41) is 8.01. The summed E-state index contributed by atoms with van der Waals surface area (Å²) in [5.41, 5.74) is 2.16. The molecule has 0 amide bonds. The fourth-order valence-electron chi connectivity index (χ4n) is 2.44. The van der Waals surface area contributed by atoms with Crippen molar-refractivity contribution in [1.29, 1.82) is 0 Å². The molecule has 1 N–H and O–H groups in total. The van der Waals surface area contributed by atoms with Gasteiger partial charge in [0.25, 0.3) is 0 Å². The minimum absolute atomic E-state index is 0.442. The maximum atomic E-state index is 5.60. The average Bonchev–Trinajstić information content (AvgIpc) is 2.96. The van der Waals surface area contributed by atoms with Crippen LogP contribution >= 0.6 is 0 Å². The summed E-state index contributed by atoms with van der Waals surface area (Å²) in [6, 6.07) is 6.51. The second-order valence-corrected chi connectivity index (χ2v) is 4.64. The van der Waals surface area contributed by atoms with Crippen molar-refractivity contribution in [3.63, 3.8) is 0 Å². The second kappa shape index (κ2) is 4.04. The van der Waals surface area contributed by atoms with Crippen LogP contribution in [0.2, 0.25) is 0 Å². The van der Waals surface area contributed by atoms with E-state index in [-0.39, 0.29) is 0 Å². The van der Waals surface area contributed by atoms with E-state index in [1.54, 1.807) is 0 Å². The SMILES string of the molecule is Cc1ccc(-c2cc(C3CCCN3)n(C)n2)o1. The summed E-state index contributed by atoms with van der Waals surface area (Å²) in [4.78, 5) is 0. The molecule has 1 aliphatic heterocycles. The van der Waals surface area contributed by atoms with Crippen molar-refractivity contribution in [1.82, 2.24) is 15.1 Å². The first-order valence-corrected chi connectivity index (χ1v) is 6.08. The normalized spacial score (nSPS) is 20.0. The first kappa shape index (κ1) is 10.6. The zero-order chi connectivity index (χ0) is 11.8. The molecule has 4 nitrogen and oxygen atoms in total. The number of aryl methyl sites for hydroxylation is 2. The number of hydrogen-bond acceptors (Lipinski definition) is 3. The molecule has 0 bridgehead atoms. The molecule has 3 rings (SSSR count). The van der Waals surface area contributed by atoms with Crippen LogP contribution in [0, 0.1) is 6.92 Å². The molecular weight excluding hydrogens is 214 g/mol. The summed E-state index contributed by atoms with van der Waals surface area (Å²) < 4.78 is 7.56. The molecule has 90 valence electrons. The van der Waals surface area contributed by atoms with Gasteiger partial charge >= 0.3 is 0 Å². The highest BCUT2D eigenvalue weighted by atomic mass is 16.3. The molecule has 4 heteroatoms. The average molecular weight is 231 g/mol. The molecule has 2 aromatic rings. The van der Waals surface area contributed by atoms with Crippen LogP contribution in [-0.2, 0) is 7.05 Å². The van der Waals surface area contributed by atoms with E-state index in [1.165, 1.54) is 18.5 Å². The van der Waals surface area contributed by atoms with Crippen LogP contribution in [0.15, 0.2) is 22.6 Å². The van der Waals surface area contributed by atoms with Gasteiger partial charge in [0.05, 0.1) is 5.69 Å². The van der Waals surface area contributed by atoms with Crippen molar-refractivity contribution >= 4 is 0 Å². The van der Waals surface area contributed by atoms with Crippen LogP contribution in [0.1, 0.15) is 30.3 Å². The molecule has 0 saturated carbocycles. The Morgan fingerprint density at radius 1 is 1.47 bits per heavy atom. The van der Waals surface area contributed by atoms with Gasteiger partial charge in [-0.25, -0.2) is 0 Å². The molecule has 2 aromatic heterocycles. The highest BCUT2D eigenvalue weighted by Gasteiger charge is 2.21. The lowest BCUT2D eigenvalue weighted by molar-refractivity contribution is 0.543. The Bertz CT molecular complexity index is 521. The summed E-state index contributed by atoms with van der Waals surface area (Å²) in [6.45, 7) is 3.05. The fourth-order valence-corrected chi connectivity index (χ4v) is 2.44. The van der Waals surface area contributed by atoms with Gasteiger partial charge in [0.15, 0.2) is 5.76 Å². The van der Waals surface area contributed by atoms with Gasteiger partial charge in [-0.05, 0) is 44.5 Å². The molecule has 0 spiro atoms. The quantitative estimate of drug-likeness (QED) is 0.863. The predicted octanol–water partition coefficient (Wildman–Crippen LogP) is 2.41. The number of furan rings is 1. The van der Waals surface area contributed by atoms with Crippen LogP contribution in [0.3, 0.4) is 0 Å². The van der Waals surface area contributed by atoms with Crippen molar-refractivity contribution in [2.75, 3.05) is 6.54 Å². The van der Waals surface area contributed by atoms with E-state index in [9.17, 15) is 0 Å². The van der Waals surface area contributed by atoms with Crippen molar-refractivity contribution in [3.8, 4) is 11.5 Å². The molecule has 17 heavy (non-hydrogen) atoms. The fraction of sp³-hybridized carbons (Fsp3) is 0.462. The van der Waals surface area contributed by atoms with E-state index < -0.39 is 0 Å². The first-order valence-electron chi connectivity index (χ1n) is 6.08. The largest absolute Gasteiger partial charge is 0.460 e. The van der Waals surface area contributed by atoms with Crippen molar-refractivity contribution in [2.24, 2.45) is 7.05 Å². The van der Waals surface area contributed by atoms with Gasteiger partial charge < -0.3 is 9.73 Å². The highest BCUT2D eigenvalue weighted by Crippen LogP contribution is 2.27. The van der Waals surface area contributed by atoms with Crippen LogP contribution in [0.4, 0.5) is 0 Å². The lowest BCUT2D eigenvalue weighted by atomic mass is 10.1. The molecule has 3 heterocycles. The van der Waals surface area contributed by atoms with Gasteiger partial charge in [0, 0.05) is 13.1 Å². The number of nitrogens with zero attached hydrogens (tertiary/aromatic N) is 2.